The van der Waals surface area contributed by atoms with E-state index in [1.54, 1.807) is 7.11 Å². The smallest absolute Gasteiger partial charge is 0.146 e. The van der Waals surface area contributed by atoms with E-state index in [0.717, 1.165) is 48.8 Å². The molecule has 114 valence electrons. The number of piperazine rings is 1. The zero-order valence-corrected chi connectivity index (χ0v) is 13.5. The number of hydrogen-bond acceptors (Lipinski definition) is 4. The van der Waals surface area contributed by atoms with Crippen LogP contribution in [-0.2, 0) is 0 Å². The molecular weight excluding hydrogens is 288 g/mol. The summed E-state index contributed by atoms with van der Waals surface area (Å²) in [4.78, 5) is 7.05. The van der Waals surface area contributed by atoms with Gasteiger partial charge in [0.1, 0.15) is 11.6 Å². The Balaban J connectivity index is 2.08. The maximum absolute atomic E-state index is 6.35. The van der Waals surface area contributed by atoms with Crippen LogP contribution in [0.2, 0.25) is 0 Å². The molecule has 1 atom stereocenters. The van der Waals surface area contributed by atoms with Crippen molar-refractivity contribution in [3.63, 3.8) is 0 Å². The molecule has 0 amide bonds. The number of nitrogens with zero attached hydrogens (tertiary/aromatic N) is 4. The van der Waals surface area contributed by atoms with Gasteiger partial charge in [0, 0.05) is 32.2 Å². The standard InChI is InChI=1S/C15H21ClN4O/c1-11(16)15-17-13-10-12(21-3)4-5-14(13)20(15)19-8-6-18(2)7-9-19/h4-5,10-11H,6-9H2,1-3H3. The number of hydrogen-bond donors (Lipinski definition) is 0. The largest absolute Gasteiger partial charge is 0.497 e. The molecule has 1 fully saturated rings. The Morgan fingerprint density at radius 1 is 1.24 bits per heavy atom. The fourth-order valence-corrected chi connectivity index (χ4v) is 2.88. The summed E-state index contributed by atoms with van der Waals surface area (Å²) in [6.07, 6.45) is 0. The van der Waals surface area contributed by atoms with E-state index in [9.17, 15) is 0 Å². The van der Waals surface area contributed by atoms with Gasteiger partial charge in [0.25, 0.3) is 0 Å². The fraction of sp³-hybridized carbons (Fsp3) is 0.533. The van der Waals surface area contributed by atoms with Crippen molar-refractivity contribution < 1.29 is 4.74 Å². The van der Waals surface area contributed by atoms with Crippen molar-refractivity contribution in [2.45, 2.75) is 12.3 Å². The molecule has 1 saturated heterocycles. The SMILES string of the molecule is COc1ccc2c(c1)nc(C(C)Cl)n2N1CCN(C)CC1. The van der Waals surface area contributed by atoms with E-state index in [4.69, 9.17) is 21.3 Å². The number of benzene rings is 1. The summed E-state index contributed by atoms with van der Waals surface area (Å²) in [5.74, 6) is 1.71. The molecule has 0 radical (unpaired) electrons. The van der Waals surface area contributed by atoms with Crippen LogP contribution < -0.4 is 9.75 Å². The first-order valence-corrected chi connectivity index (χ1v) is 7.68. The van der Waals surface area contributed by atoms with Gasteiger partial charge in [-0.1, -0.05) is 0 Å². The summed E-state index contributed by atoms with van der Waals surface area (Å²) in [5.41, 5.74) is 2.01. The topological polar surface area (TPSA) is 33.5 Å². The number of ether oxygens (including phenoxy) is 1. The van der Waals surface area contributed by atoms with Crippen LogP contribution in [-0.4, -0.2) is 54.9 Å². The molecule has 1 unspecified atom stereocenters. The lowest BCUT2D eigenvalue weighted by molar-refractivity contribution is 0.287. The number of likely N-dealkylation sites (N-methyl/N-ethyl adjacent to an activating group) is 1. The van der Waals surface area contributed by atoms with Gasteiger partial charge in [-0.15, -0.1) is 11.6 Å². The average molecular weight is 309 g/mol. The lowest BCUT2D eigenvalue weighted by Crippen LogP contribution is -2.50. The minimum absolute atomic E-state index is 0.136. The van der Waals surface area contributed by atoms with Crippen LogP contribution in [0.15, 0.2) is 18.2 Å². The van der Waals surface area contributed by atoms with Gasteiger partial charge < -0.3 is 14.6 Å². The highest BCUT2D eigenvalue weighted by atomic mass is 35.5. The summed E-state index contributed by atoms with van der Waals surface area (Å²) < 4.78 is 7.47. The lowest BCUT2D eigenvalue weighted by Gasteiger charge is -2.35. The van der Waals surface area contributed by atoms with Crippen molar-refractivity contribution in [3.05, 3.63) is 24.0 Å². The molecule has 1 aromatic heterocycles. The summed E-state index contributed by atoms with van der Waals surface area (Å²) in [6.45, 7) is 6.01. The van der Waals surface area contributed by atoms with Gasteiger partial charge >= 0.3 is 0 Å². The van der Waals surface area contributed by atoms with Crippen LogP contribution in [0.4, 0.5) is 0 Å². The Morgan fingerprint density at radius 3 is 2.57 bits per heavy atom. The summed E-state index contributed by atoms with van der Waals surface area (Å²) in [5, 5.41) is 2.19. The Morgan fingerprint density at radius 2 is 1.95 bits per heavy atom. The first-order valence-electron chi connectivity index (χ1n) is 7.24. The van der Waals surface area contributed by atoms with Gasteiger partial charge in [0.2, 0.25) is 0 Å². The van der Waals surface area contributed by atoms with Gasteiger partial charge in [-0.25, -0.2) is 9.66 Å². The molecule has 0 saturated carbocycles. The number of halogens is 1. The number of alkyl halides is 1. The maximum atomic E-state index is 6.35. The molecule has 6 heteroatoms. The number of imidazole rings is 1. The van der Waals surface area contributed by atoms with Crippen molar-refractivity contribution in [3.8, 4) is 5.75 Å². The van der Waals surface area contributed by atoms with Crippen molar-refractivity contribution in [1.82, 2.24) is 14.6 Å². The van der Waals surface area contributed by atoms with Crippen LogP contribution in [0.25, 0.3) is 11.0 Å². The summed E-state index contributed by atoms with van der Waals surface area (Å²) in [7, 11) is 3.82. The van der Waals surface area contributed by atoms with E-state index in [-0.39, 0.29) is 5.38 Å². The zero-order valence-electron chi connectivity index (χ0n) is 12.7. The highest BCUT2D eigenvalue weighted by Crippen LogP contribution is 2.27. The first-order chi connectivity index (χ1) is 10.1. The average Bonchev–Trinajstić information content (AvgIpc) is 2.86. The molecule has 0 spiro atoms. The summed E-state index contributed by atoms with van der Waals surface area (Å²) in [6, 6.07) is 5.99. The molecule has 1 aliphatic rings. The van der Waals surface area contributed by atoms with Crippen LogP contribution in [0.1, 0.15) is 18.1 Å². The number of aromatic nitrogens is 2. The monoisotopic (exact) mass is 308 g/mol. The van der Waals surface area contributed by atoms with Gasteiger partial charge in [-0.3, -0.25) is 0 Å². The Hall–Kier alpha value is -1.46. The van der Waals surface area contributed by atoms with E-state index in [1.165, 1.54) is 0 Å². The molecule has 0 bridgehead atoms. The predicted molar refractivity (Wildman–Crippen MR) is 86.0 cm³/mol. The Labute approximate surface area is 130 Å². The van der Waals surface area contributed by atoms with Crippen LogP contribution in [0.5, 0.6) is 5.75 Å². The van der Waals surface area contributed by atoms with Crippen LogP contribution >= 0.6 is 11.6 Å². The second-order valence-corrected chi connectivity index (χ2v) is 6.16. The maximum Gasteiger partial charge on any atom is 0.146 e. The molecule has 0 N–H and O–H groups in total. The fourth-order valence-electron chi connectivity index (χ4n) is 2.74. The van der Waals surface area contributed by atoms with Gasteiger partial charge in [0.15, 0.2) is 0 Å². The molecule has 1 aliphatic heterocycles. The molecule has 2 aromatic rings. The minimum Gasteiger partial charge on any atom is -0.497 e. The number of rotatable bonds is 3. The van der Waals surface area contributed by atoms with E-state index in [0.29, 0.717) is 0 Å². The molecule has 5 nitrogen and oxygen atoms in total. The Bertz CT molecular complexity index is 632. The van der Waals surface area contributed by atoms with E-state index in [2.05, 4.69) is 27.7 Å². The second kappa shape index (κ2) is 5.73. The van der Waals surface area contributed by atoms with Crippen molar-refractivity contribution in [2.24, 2.45) is 0 Å². The highest BCUT2D eigenvalue weighted by Gasteiger charge is 2.22. The minimum atomic E-state index is -0.136. The second-order valence-electron chi connectivity index (χ2n) is 5.51. The van der Waals surface area contributed by atoms with E-state index >= 15 is 0 Å². The highest BCUT2D eigenvalue weighted by molar-refractivity contribution is 6.20. The molecule has 1 aromatic carbocycles. The molecule has 3 rings (SSSR count). The Kier molecular flexibility index (Phi) is 3.95. The third-order valence-electron chi connectivity index (χ3n) is 3.98. The van der Waals surface area contributed by atoms with Gasteiger partial charge in [0.05, 0.1) is 23.5 Å². The predicted octanol–water partition coefficient (Wildman–Crippen LogP) is 2.23. The van der Waals surface area contributed by atoms with Crippen molar-refractivity contribution in [1.29, 1.82) is 0 Å². The third kappa shape index (κ3) is 2.68. The van der Waals surface area contributed by atoms with E-state index < -0.39 is 0 Å². The van der Waals surface area contributed by atoms with Crippen LogP contribution in [0, 0.1) is 0 Å². The normalized spacial score (nSPS) is 18.2. The quantitative estimate of drug-likeness (QED) is 0.814. The molecule has 0 aliphatic carbocycles. The molecular formula is C15H21ClN4O. The van der Waals surface area contributed by atoms with Crippen molar-refractivity contribution in [2.75, 3.05) is 45.3 Å². The zero-order chi connectivity index (χ0) is 15.0. The summed E-state index contributed by atoms with van der Waals surface area (Å²) >= 11 is 6.35. The van der Waals surface area contributed by atoms with E-state index in [1.807, 2.05) is 19.1 Å². The number of methoxy groups -OCH3 is 1. The third-order valence-corrected chi connectivity index (χ3v) is 4.18. The number of fused-ring (bicyclic) bond motifs is 1. The molecule has 21 heavy (non-hydrogen) atoms. The molecule has 2 heterocycles. The first kappa shape index (κ1) is 14.5. The van der Waals surface area contributed by atoms with Gasteiger partial charge in [-0.2, -0.15) is 0 Å². The van der Waals surface area contributed by atoms with Gasteiger partial charge in [-0.05, 0) is 26.1 Å². The lowest BCUT2D eigenvalue weighted by atomic mass is 10.3. The van der Waals surface area contributed by atoms with Crippen LogP contribution in [0.3, 0.4) is 0 Å². The van der Waals surface area contributed by atoms with Crippen molar-refractivity contribution >= 4 is 22.6 Å².